The molecule has 1 atom stereocenters. The van der Waals surface area contributed by atoms with Crippen LogP contribution in [0.2, 0.25) is 0 Å². The predicted octanol–water partition coefficient (Wildman–Crippen LogP) is 0.509. The van der Waals surface area contributed by atoms with Crippen LogP contribution < -0.4 is 5.73 Å². The van der Waals surface area contributed by atoms with E-state index >= 15 is 0 Å². The van der Waals surface area contributed by atoms with E-state index in [1.807, 2.05) is 6.92 Å². The first-order chi connectivity index (χ1) is 6.16. The zero-order chi connectivity index (χ0) is 9.84. The Morgan fingerprint density at radius 2 is 2.31 bits per heavy atom. The normalized spacial score (nSPS) is 21.9. The van der Waals surface area contributed by atoms with Crippen molar-refractivity contribution in [3.8, 4) is 0 Å². The predicted molar refractivity (Wildman–Crippen MR) is 51.0 cm³/mol. The highest BCUT2D eigenvalue weighted by Gasteiger charge is 2.31. The highest BCUT2D eigenvalue weighted by atomic mass is 16.2. The van der Waals surface area contributed by atoms with Gasteiger partial charge in [0.15, 0.2) is 0 Å². The van der Waals surface area contributed by atoms with E-state index < -0.39 is 0 Å². The van der Waals surface area contributed by atoms with E-state index in [4.69, 9.17) is 5.73 Å². The number of hydrogen-bond acceptors (Lipinski definition) is 2. The van der Waals surface area contributed by atoms with E-state index in [0.717, 1.165) is 19.3 Å². The molecule has 0 aromatic rings. The van der Waals surface area contributed by atoms with Crippen LogP contribution in [-0.2, 0) is 9.59 Å². The third-order valence-electron chi connectivity index (χ3n) is 2.37. The largest absolute Gasteiger partial charge is 0.368 e. The van der Waals surface area contributed by atoms with Crippen LogP contribution in [0.4, 0.5) is 0 Å². The van der Waals surface area contributed by atoms with Crippen LogP contribution in [0.15, 0.2) is 0 Å². The molecule has 0 unspecified atom stereocenters. The number of hydrogen-bond donors (Lipinski definition) is 1. The highest BCUT2D eigenvalue weighted by Crippen LogP contribution is 2.18. The Kier molecular flexibility index (Phi) is 3.28. The molecule has 76 valence electrons. The lowest BCUT2D eigenvalue weighted by molar-refractivity contribution is -0.137. The van der Waals surface area contributed by atoms with Gasteiger partial charge in [-0.2, -0.15) is 0 Å². The molecule has 1 aliphatic rings. The van der Waals surface area contributed by atoms with Crippen molar-refractivity contribution in [2.75, 3.05) is 6.54 Å². The number of nitrogens with two attached hydrogens (primary N) is 1. The smallest absolute Gasteiger partial charge is 0.240 e. The molecule has 0 aromatic heterocycles. The molecule has 13 heavy (non-hydrogen) atoms. The van der Waals surface area contributed by atoms with Crippen molar-refractivity contribution in [1.29, 1.82) is 0 Å². The average Bonchev–Trinajstić information content (AvgIpc) is 2.52. The Hall–Kier alpha value is -1.06. The minimum absolute atomic E-state index is 0. The number of primary amides is 1. The van der Waals surface area contributed by atoms with Crippen LogP contribution in [0.3, 0.4) is 0 Å². The van der Waals surface area contributed by atoms with Gasteiger partial charge in [0.1, 0.15) is 6.04 Å². The minimum atomic E-state index is -0.373. The van der Waals surface area contributed by atoms with Crippen molar-refractivity contribution in [3.05, 3.63) is 0 Å². The average molecular weight is 186 g/mol. The van der Waals surface area contributed by atoms with Crippen LogP contribution in [0.25, 0.3) is 0 Å². The number of carbonyl (C=O) groups is 2. The molecule has 1 aliphatic heterocycles. The third kappa shape index (κ3) is 2.20. The number of carbonyl (C=O) groups excluding carboxylic acids is 2. The lowest BCUT2D eigenvalue weighted by Gasteiger charge is -2.21. The fourth-order valence-electron chi connectivity index (χ4n) is 1.72. The summed E-state index contributed by atoms with van der Waals surface area (Å²) in [5, 5.41) is 0. The summed E-state index contributed by atoms with van der Waals surface area (Å²) in [6.07, 6.45) is 2.96. The lowest BCUT2D eigenvalue weighted by atomic mass is 10.2. The van der Waals surface area contributed by atoms with Gasteiger partial charge in [0, 0.05) is 14.4 Å². The number of likely N-dealkylation sites (tertiary alicyclic amines) is 1. The summed E-state index contributed by atoms with van der Waals surface area (Å²) in [6, 6.07) is -0.348. The molecule has 1 rings (SSSR count). The molecule has 0 saturated carbocycles. The Labute approximate surface area is 79.6 Å². The van der Waals surface area contributed by atoms with Gasteiger partial charge in [0.25, 0.3) is 0 Å². The molecule has 1 heterocycles. The van der Waals surface area contributed by atoms with Gasteiger partial charge in [-0.3, -0.25) is 9.59 Å². The van der Waals surface area contributed by atoms with Crippen molar-refractivity contribution in [2.45, 2.75) is 38.6 Å². The van der Waals surface area contributed by atoms with E-state index in [1.165, 1.54) is 0 Å². The SMILES string of the molecule is CCCC(=O)N1CCC[C@H]1C(N)=O.[HH]. The maximum atomic E-state index is 11.5. The fraction of sp³-hybridized carbons (Fsp3) is 0.778. The Bertz CT molecular complexity index is 221. The zero-order valence-corrected chi connectivity index (χ0v) is 7.95. The summed E-state index contributed by atoms with van der Waals surface area (Å²) in [6.45, 7) is 2.64. The molecule has 1 saturated heterocycles. The van der Waals surface area contributed by atoms with Gasteiger partial charge in [0.05, 0.1) is 0 Å². The van der Waals surface area contributed by atoms with E-state index in [2.05, 4.69) is 0 Å². The van der Waals surface area contributed by atoms with Gasteiger partial charge < -0.3 is 10.6 Å². The molecule has 2 N–H and O–H groups in total. The van der Waals surface area contributed by atoms with Crippen molar-refractivity contribution in [3.63, 3.8) is 0 Å². The van der Waals surface area contributed by atoms with E-state index in [9.17, 15) is 9.59 Å². The third-order valence-corrected chi connectivity index (χ3v) is 2.37. The lowest BCUT2D eigenvalue weighted by Crippen LogP contribution is -2.43. The maximum Gasteiger partial charge on any atom is 0.240 e. The number of nitrogens with zero attached hydrogens (tertiary/aromatic N) is 1. The summed E-state index contributed by atoms with van der Waals surface area (Å²) >= 11 is 0. The molecule has 0 aliphatic carbocycles. The van der Waals surface area contributed by atoms with Gasteiger partial charge >= 0.3 is 0 Å². The Balaban J connectivity index is 0.00000169. The molecule has 1 fully saturated rings. The molecule has 2 amide bonds. The topological polar surface area (TPSA) is 63.4 Å². The second-order valence-electron chi connectivity index (χ2n) is 3.40. The number of amides is 2. The monoisotopic (exact) mass is 186 g/mol. The summed E-state index contributed by atoms with van der Waals surface area (Å²) in [5.74, 6) is -0.314. The fourth-order valence-corrected chi connectivity index (χ4v) is 1.72. The highest BCUT2D eigenvalue weighted by molar-refractivity contribution is 5.87. The first kappa shape index (κ1) is 10.0. The van der Waals surface area contributed by atoms with E-state index in [-0.39, 0.29) is 19.3 Å². The second-order valence-corrected chi connectivity index (χ2v) is 3.40. The molecule has 0 radical (unpaired) electrons. The van der Waals surface area contributed by atoms with Gasteiger partial charge in [-0.1, -0.05) is 6.92 Å². The summed E-state index contributed by atoms with van der Waals surface area (Å²) in [5.41, 5.74) is 5.19. The molecule has 0 spiro atoms. The van der Waals surface area contributed by atoms with E-state index in [1.54, 1.807) is 4.90 Å². The molecule has 0 bridgehead atoms. The van der Waals surface area contributed by atoms with Crippen LogP contribution in [0, 0.1) is 0 Å². The Morgan fingerprint density at radius 1 is 1.62 bits per heavy atom. The van der Waals surface area contributed by atoms with Crippen LogP contribution in [0.1, 0.15) is 34.0 Å². The Morgan fingerprint density at radius 3 is 2.85 bits per heavy atom. The van der Waals surface area contributed by atoms with Crippen molar-refractivity contribution in [2.24, 2.45) is 5.73 Å². The van der Waals surface area contributed by atoms with Crippen molar-refractivity contribution in [1.82, 2.24) is 4.90 Å². The molecule has 4 heteroatoms. The summed E-state index contributed by atoms with van der Waals surface area (Å²) < 4.78 is 0. The molecule has 4 nitrogen and oxygen atoms in total. The zero-order valence-electron chi connectivity index (χ0n) is 7.95. The quantitative estimate of drug-likeness (QED) is 0.698. The molecule has 0 aromatic carbocycles. The summed E-state index contributed by atoms with van der Waals surface area (Å²) in [7, 11) is 0. The van der Waals surface area contributed by atoms with Gasteiger partial charge in [0.2, 0.25) is 11.8 Å². The number of rotatable bonds is 3. The maximum absolute atomic E-state index is 11.5. The van der Waals surface area contributed by atoms with Crippen LogP contribution >= 0.6 is 0 Å². The van der Waals surface area contributed by atoms with Crippen LogP contribution in [-0.4, -0.2) is 29.3 Å². The summed E-state index contributed by atoms with van der Waals surface area (Å²) in [4.78, 5) is 24.0. The first-order valence-corrected chi connectivity index (χ1v) is 4.75. The van der Waals surface area contributed by atoms with Crippen molar-refractivity contribution >= 4 is 11.8 Å². The standard InChI is InChI=1S/C9H16N2O2.H2/c1-2-4-8(12)11-6-3-5-7(11)9(10)13;/h7H,2-6H2,1H3,(H2,10,13);1H/t7-;/m0./s1. The van der Waals surface area contributed by atoms with Crippen LogP contribution in [0.5, 0.6) is 0 Å². The second kappa shape index (κ2) is 4.25. The molecular formula is C9H18N2O2. The van der Waals surface area contributed by atoms with Gasteiger partial charge in [-0.25, -0.2) is 0 Å². The first-order valence-electron chi connectivity index (χ1n) is 4.75. The molecular weight excluding hydrogens is 168 g/mol. The minimum Gasteiger partial charge on any atom is -0.368 e. The van der Waals surface area contributed by atoms with Gasteiger partial charge in [-0.05, 0) is 19.3 Å². The van der Waals surface area contributed by atoms with E-state index in [0.29, 0.717) is 13.0 Å². The van der Waals surface area contributed by atoms with Gasteiger partial charge in [-0.15, -0.1) is 0 Å². The van der Waals surface area contributed by atoms with Crippen molar-refractivity contribution < 1.29 is 11.0 Å².